The maximum Gasteiger partial charge on any atom is 0.123 e. The molecule has 0 spiro atoms. The number of nitrogens with two attached hydrogens (primary N) is 1. The van der Waals surface area contributed by atoms with E-state index in [9.17, 15) is 0 Å². The van der Waals surface area contributed by atoms with Crippen molar-refractivity contribution in [3.8, 4) is 5.75 Å². The highest BCUT2D eigenvalue weighted by atomic mass is 16.5. The average Bonchev–Trinajstić information content (AvgIpc) is 2.41. The molecule has 1 aliphatic rings. The first-order chi connectivity index (χ1) is 9.10. The molecule has 1 saturated carbocycles. The molecule has 19 heavy (non-hydrogen) atoms. The van der Waals surface area contributed by atoms with Gasteiger partial charge in [0.2, 0.25) is 0 Å². The molecule has 2 rings (SSSR count). The number of hydrogen-bond acceptors (Lipinski definition) is 3. The minimum atomic E-state index is 0.315. The zero-order valence-corrected chi connectivity index (χ0v) is 12.3. The van der Waals surface area contributed by atoms with Gasteiger partial charge in [0.15, 0.2) is 0 Å². The zero-order chi connectivity index (χ0) is 13.8. The first kappa shape index (κ1) is 14.4. The molecule has 3 heteroatoms. The molecule has 0 bridgehead atoms. The highest BCUT2D eigenvalue weighted by molar-refractivity contribution is 5.39. The average molecular weight is 262 g/mol. The molecular formula is C16H26N2O. The van der Waals surface area contributed by atoms with Crippen LogP contribution in [-0.4, -0.2) is 19.2 Å². The summed E-state index contributed by atoms with van der Waals surface area (Å²) in [6.45, 7) is 4.30. The van der Waals surface area contributed by atoms with Crippen molar-refractivity contribution in [2.75, 3.05) is 7.11 Å². The van der Waals surface area contributed by atoms with Crippen LogP contribution in [0.15, 0.2) is 18.2 Å². The van der Waals surface area contributed by atoms with Crippen LogP contribution in [0.3, 0.4) is 0 Å². The molecule has 1 atom stereocenters. The molecular weight excluding hydrogens is 236 g/mol. The lowest BCUT2D eigenvalue weighted by Gasteiger charge is -2.30. The van der Waals surface area contributed by atoms with Crippen molar-refractivity contribution in [2.24, 2.45) is 5.73 Å². The summed E-state index contributed by atoms with van der Waals surface area (Å²) in [4.78, 5) is 0. The lowest BCUT2D eigenvalue weighted by molar-refractivity contribution is 0.317. The molecule has 3 nitrogen and oxygen atoms in total. The van der Waals surface area contributed by atoms with E-state index in [0.717, 1.165) is 18.6 Å². The standard InChI is InChI=1S/C16H26N2O/c1-11-4-9-15(16(10-11)19-3)12(2)18-14-7-5-13(17)6-8-14/h4,9-10,12-14,18H,5-8,17H2,1-3H3. The largest absolute Gasteiger partial charge is 0.496 e. The molecule has 1 unspecified atom stereocenters. The van der Waals surface area contributed by atoms with Gasteiger partial charge in [-0.25, -0.2) is 0 Å². The van der Waals surface area contributed by atoms with E-state index in [1.54, 1.807) is 7.11 Å². The van der Waals surface area contributed by atoms with E-state index >= 15 is 0 Å². The lowest BCUT2D eigenvalue weighted by atomic mass is 9.91. The van der Waals surface area contributed by atoms with Gasteiger partial charge in [-0.1, -0.05) is 12.1 Å². The summed E-state index contributed by atoms with van der Waals surface area (Å²) in [6.07, 6.45) is 4.63. The number of hydrogen-bond donors (Lipinski definition) is 2. The Bertz CT molecular complexity index is 411. The Labute approximate surface area is 116 Å². The monoisotopic (exact) mass is 262 g/mol. The van der Waals surface area contributed by atoms with Crippen LogP contribution in [0.2, 0.25) is 0 Å². The summed E-state index contributed by atoms with van der Waals surface area (Å²) >= 11 is 0. The van der Waals surface area contributed by atoms with Gasteiger partial charge in [-0.2, -0.15) is 0 Å². The number of rotatable bonds is 4. The van der Waals surface area contributed by atoms with Crippen LogP contribution in [0, 0.1) is 6.92 Å². The van der Waals surface area contributed by atoms with Gasteiger partial charge in [-0.3, -0.25) is 0 Å². The van der Waals surface area contributed by atoms with Crippen molar-refractivity contribution in [1.29, 1.82) is 0 Å². The molecule has 0 aliphatic heterocycles. The van der Waals surface area contributed by atoms with E-state index < -0.39 is 0 Å². The SMILES string of the molecule is COc1cc(C)ccc1C(C)NC1CCC(N)CC1. The van der Waals surface area contributed by atoms with E-state index in [1.165, 1.54) is 24.0 Å². The van der Waals surface area contributed by atoms with Crippen LogP contribution >= 0.6 is 0 Å². The highest BCUT2D eigenvalue weighted by Crippen LogP contribution is 2.28. The zero-order valence-electron chi connectivity index (χ0n) is 12.3. The fraction of sp³-hybridized carbons (Fsp3) is 0.625. The summed E-state index contributed by atoms with van der Waals surface area (Å²) in [5.41, 5.74) is 8.43. The van der Waals surface area contributed by atoms with E-state index in [4.69, 9.17) is 10.5 Å². The molecule has 0 heterocycles. The van der Waals surface area contributed by atoms with Crippen molar-refractivity contribution < 1.29 is 4.74 Å². The number of nitrogens with one attached hydrogen (secondary N) is 1. The number of methoxy groups -OCH3 is 1. The highest BCUT2D eigenvalue weighted by Gasteiger charge is 2.21. The molecule has 0 saturated heterocycles. The smallest absolute Gasteiger partial charge is 0.123 e. The Morgan fingerprint density at radius 2 is 1.95 bits per heavy atom. The Morgan fingerprint density at radius 3 is 2.58 bits per heavy atom. The fourth-order valence-corrected chi connectivity index (χ4v) is 2.91. The Balaban J connectivity index is 2.01. The second-order valence-electron chi connectivity index (χ2n) is 5.75. The molecule has 0 aromatic heterocycles. The van der Waals surface area contributed by atoms with E-state index in [2.05, 4.69) is 37.4 Å². The van der Waals surface area contributed by atoms with Crippen LogP contribution < -0.4 is 15.8 Å². The van der Waals surface area contributed by atoms with Crippen LogP contribution in [0.4, 0.5) is 0 Å². The lowest BCUT2D eigenvalue weighted by Crippen LogP contribution is -2.38. The molecule has 106 valence electrons. The maximum atomic E-state index is 5.95. The fourth-order valence-electron chi connectivity index (χ4n) is 2.91. The minimum absolute atomic E-state index is 0.315. The van der Waals surface area contributed by atoms with E-state index in [1.807, 2.05) is 0 Å². The van der Waals surface area contributed by atoms with Gasteiger partial charge in [0.1, 0.15) is 5.75 Å². The first-order valence-electron chi connectivity index (χ1n) is 7.26. The summed E-state index contributed by atoms with van der Waals surface area (Å²) in [5, 5.41) is 3.71. The van der Waals surface area contributed by atoms with Crippen molar-refractivity contribution in [1.82, 2.24) is 5.32 Å². The van der Waals surface area contributed by atoms with Gasteiger partial charge in [0.25, 0.3) is 0 Å². The Hall–Kier alpha value is -1.06. The summed E-state index contributed by atoms with van der Waals surface area (Å²) in [6, 6.07) is 7.72. The summed E-state index contributed by atoms with van der Waals surface area (Å²) < 4.78 is 5.49. The Kier molecular flexibility index (Phi) is 4.83. The van der Waals surface area contributed by atoms with Crippen LogP contribution in [-0.2, 0) is 0 Å². The van der Waals surface area contributed by atoms with E-state index in [-0.39, 0.29) is 0 Å². The molecule has 3 N–H and O–H groups in total. The van der Waals surface area contributed by atoms with Gasteiger partial charge in [-0.15, -0.1) is 0 Å². The van der Waals surface area contributed by atoms with Crippen molar-refractivity contribution >= 4 is 0 Å². The van der Waals surface area contributed by atoms with Crippen LogP contribution in [0.25, 0.3) is 0 Å². The molecule has 1 aromatic rings. The first-order valence-corrected chi connectivity index (χ1v) is 7.26. The Morgan fingerprint density at radius 1 is 1.26 bits per heavy atom. The number of benzene rings is 1. The van der Waals surface area contributed by atoms with Gasteiger partial charge in [-0.05, 0) is 51.2 Å². The van der Waals surface area contributed by atoms with Gasteiger partial charge >= 0.3 is 0 Å². The van der Waals surface area contributed by atoms with Crippen LogP contribution in [0.5, 0.6) is 5.75 Å². The molecule has 0 amide bonds. The quantitative estimate of drug-likeness (QED) is 0.877. The van der Waals surface area contributed by atoms with Gasteiger partial charge in [0, 0.05) is 23.7 Å². The minimum Gasteiger partial charge on any atom is -0.496 e. The third kappa shape index (κ3) is 3.71. The molecule has 1 fully saturated rings. The molecule has 1 aliphatic carbocycles. The third-order valence-corrected chi connectivity index (χ3v) is 4.11. The van der Waals surface area contributed by atoms with Crippen molar-refractivity contribution in [3.63, 3.8) is 0 Å². The summed E-state index contributed by atoms with van der Waals surface area (Å²) in [5.74, 6) is 0.979. The molecule has 0 radical (unpaired) electrons. The predicted octanol–water partition coefficient (Wildman–Crippen LogP) is 2.92. The van der Waals surface area contributed by atoms with Crippen molar-refractivity contribution in [3.05, 3.63) is 29.3 Å². The van der Waals surface area contributed by atoms with Gasteiger partial charge < -0.3 is 15.8 Å². The normalized spacial score (nSPS) is 25.1. The third-order valence-electron chi connectivity index (χ3n) is 4.11. The van der Waals surface area contributed by atoms with E-state index in [0.29, 0.717) is 18.1 Å². The van der Waals surface area contributed by atoms with Gasteiger partial charge in [0.05, 0.1) is 7.11 Å². The number of aryl methyl sites for hydroxylation is 1. The van der Waals surface area contributed by atoms with Crippen molar-refractivity contribution in [2.45, 2.75) is 57.7 Å². The number of ether oxygens (including phenoxy) is 1. The maximum absolute atomic E-state index is 5.95. The second-order valence-corrected chi connectivity index (χ2v) is 5.75. The van der Waals surface area contributed by atoms with Crippen LogP contribution in [0.1, 0.15) is 49.8 Å². The second kappa shape index (κ2) is 6.40. The molecule has 1 aromatic carbocycles. The topological polar surface area (TPSA) is 47.3 Å². The predicted molar refractivity (Wildman–Crippen MR) is 79.5 cm³/mol. The summed E-state index contributed by atoms with van der Waals surface area (Å²) in [7, 11) is 1.74.